The van der Waals surface area contributed by atoms with Crippen LogP contribution in [0.15, 0.2) is 18.3 Å². The lowest BCUT2D eigenvalue weighted by Crippen LogP contribution is -2.10. The molecule has 0 bridgehead atoms. The first-order valence-electron chi connectivity index (χ1n) is 4.50. The number of anilines is 1. The standard InChI is InChI=1S/C8H12N2OS.C2H6/c1-7-4-5-8(9-6-7)10-12(2,3)11;1-2/h4-6H,2H2,1,3H3,(H,9,10,11);1-2H3. The van der Waals surface area contributed by atoms with Crippen LogP contribution >= 0.6 is 0 Å². The SMILES string of the molecule is C=S(C)(=O)Nc1ccc(C)cn1.CC. The fourth-order valence-corrected chi connectivity index (χ4v) is 1.31. The number of nitrogens with zero attached hydrogens (tertiary/aromatic N) is 1. The molecule has 3 nitrogen and oxygen atoms in total. The highest BCUT2D eigenvalue weighted by atomic mass is 32.2. The molecule has 0 saturated carbocycles. The third-order valence-electron chi connectivity index (χ3n) is 1.23. The highest BCUT2D eigenvalue weighted by molar-refractivity contribution is 8.00. The molecule has 0 amide bonds. The largest absolute Gasteiger partial charge is 0.298 e. The third-order valence-corrected chi connectivity index (χ3v) is 1.87. The molecule has 1 unspecified atom stereocenters. The molecule has 0 aliphatic carbocycles. The second-order valence-corrected chi connectivity index (χ2v) is 5.04. The van der Waals surface area contributed by atoms with Gasteiger partial charge in [-0.2, -0.15) is 0 Å². The Balaban J connectivity index is 0.000000791. The fourth-order valence-electron chi connectivity index (χ4n) is 0.749. The zero-order valence-corrected chi connectivity index (χ0v) is 10.0. The summed E-state index contributed by atoms with van der Waals surface area (Å²) in [6, 6.07) is 3.68. The number of aryl methyl sites for hydroxylation is 1. The van der Waals surface area contributed by atoms with Gasteiger partial charge in [0.05, 0.1) is 0 Å². The number of nitrogens with one attached hydrogen (secondary N) is 1. The lowest BCUT2D eigenvalue weighted by atomic mass is 10.3. The van der Waals surface area contributed by atoms with Crippen LogP contribution in [0.3, 0.4) is 0 Å². The lowest BCUT2D eigenvalue weighted by molar-refractivity contribution is 0.688. The van der Waals surface area contributed by atoms with Crippen LogP contribution in [0.4, 0.5) is 5.82 Å². The van der Waals surface area contributed by atoms with Crippen molar-refractivity contribution in [3.8, 4) is 0 Å². The Labute approximate surface area is 86.7 Å². The van der Waals surface area contributed by atoms with Crippen molar-refractivity contribution in [3.05, 3.63) is 23.9 Å². The van der Waals surface area contributed by atoms with E-state index in [0.29, 0.717) is 5.82 Å². The highest BCUT2D eigenvalue weighted by Crippen LogP contribution is 2.04. The number of hydrogen-bond donors (Lipinski definition) is 1. The van der Waals surface area contributed by atoms with E-state index in [9.17, 15) is 4.21 Å². The molecule has 1 aromatic heterocycles. The maximum absolute atomic E-state index is 11.2. The van der Waals surface area contributed by atoms with Crippen LogP contribution in [-0.4, -0.2) is 21.3 Å². The van der Waals surface area contributed by atoms with Crippen LogP contribution in [0.25, 0.3) is 0 Å². The van der Waals surface area contributed by atoms with E-state index in [1.165, 1.54) is 6.26 Å². The Hall–Kier alpha value is -1.03. The van der Waals surface area contributed by atoms with Crippen LogP contribution in [-0.2, 0) is 9.71 Å². The smallest absolute Gasteiger partial charge is 0.137 e. The molecule has 0 aliphatic rings. The molecule has 1 rings (SSSR count). The van der Waals surface area contributed by atoms with Gasteiger partial charge in [-0.05, 0) is 24.4 Å². The summed E-state index contributed by atoms with van der Waals surface area (Å²) in [5, 5.41) is 0. The number of hydrogen-bond acceptors (Lipinski definition) is 2. The summed E-state index contributed by atoms with van der Waals surface area (Å²) in [6.07, 6.45) is 3.25. The molecule has 0 saturated heterocycles. The monoisotopic (exact) mass is 214 g/mol. The van der Waals surface area contributed by atoms with Crippen molar-refractivity contribution in [2.24, 2.45) is 0 Å². The normalized spacial score (nSPS) is 13.4. The summed E-state index contributed by atoms with van der Waals surface area (Å²) in [4.78, 5) is 4.03. The highest BCUT2D eigenvalue weighted by Gasteiger charge is 1.95. The van der Waals surface area contributed by atoms with Gasteiger partial charge in [0.1, 0.15) is 5.82 Å². The van der Waals surface area contributed by atoms with E-state index in [0.717, 1.165) is 5.56 Å². The summed E-state index contributed by atoms with van der Waals surface area (Å²) < 4.78 is 13.9. The summed E-state index contributed by atoms with van der Waals surface area (Å²) in [6.45, 7) is 5.95. The minimum absolute atomic E-state index is 0.600. The fraction of sp³-hybridized carbons (Fsp3) is 0.400. The molecule has 1 heterocycles. The average molecular weight is 214 g/mol. The van der Waals surface area contributed by atoms with Crippen molar-refractivity contribution >= 4 is 21.4 Å². The molecule has 4 heteroatoms. The Morgan fingerprint density at radius 2 is 2.00 bits per heavy atom. The minimum atomic E-state index is -2.20. The van der Waals surface area contributed by atoms with E-state index in [1.54, 1.807) is 12.3 Å². The molecule has 0 radical (unpaired) electrons. The van der Waals surface area contributed by atoms with Gasteiger partial charge in [-0.25, -0.2) is 9.19 Å². The maximum atomic E-state index is 11.2. The first kappa shape index (κ1) is 13.0. The van der Waals surface area contributed by atoms with E-state index in [1.807, 2.05) is 26.8 Å². The Morgan fingerprint density at radius 1 is 1.43 bits per heavy atom. The van der Waals surface area contributed by atoms with Gasteiger partial charge in [-0.1, -0.05) is 19.9 Å². The van der Waals surface area contributed by atoms with Crippen LogP contribution in [0.5, 0.6) is 0 Å². The van der Waals surface area contributed by atoms with E-state index >= 15 is 0 Å². The molecular weight excluding hydrogens is 196 g/mol. The van der Waals surface area contributed by atoms with E-state index in [2.05, 4.69) is 15.6 Å². The van der Waals surface area contributed by atoms with Gasteiger partial charge in [0, 0.05) is 22.2 Å². The summed E-state index contributed by atoms with van der Waals surface area (Å²) in [5.74, 6) is 4.06. The van der Waals surface area contributed by atoms with Gasteiger partial charge in [0.15, 0.2) is 0 Å². The van der Waals surface area contributed by atoms with Crippen molar-refractivity contribution in [1.82, 2.24) is 4.98 Å². The summed E-state index contributed by atoms with van der Waals surface area (Å²) in [5.41, 5.74) is 1.08. The maximum Gasteiger partial charge on any atom is 0.137 e. The van der Waals surface area contributed by atoms with Crippen LogP contribution in [0, 0.1) is 6.92 Å². The van der Waals surface area contributed by atoms with Gasteiger partial charge in [0.2, 0.25) is 0 Å². The topological polar surface area (TPSA) is 42.0 Å². The Morgan fingerprint density at radius 3 is 2.36 bits per heavy atom. The molecular formula is C10H18N2OS. The van der Waals surface area contributed by atoms with Gasteiger partial charge in [0.25, 0.3) is 0 Å². The number of pyridine rings is 1. The van der Waals surface area contributed by atoms with Crippen LogP contribution < -0.4 is 4.72 Å². The predicted octanol–water partition coefficient (Wildman–Crippen LogP) is 2.09. The Kier molecular flexibility index (Phi) is 5.23. The molecule has 0 aliphatic heterocycles. The van der Waals surface area contributed by atoms with E-state index < -0.39 is 9.71 Å². The zero-order valence-electron chi connectivity index (χ0n) is 9.20. The average Bonchev–Trinajstić information content (AvgIpc) is 2.10. The van der Waals surface area contributed by atoms with Gasteiger partial charge < -0.3 is 0 Å². The summed E-state index contributed by atoms with van der Waals surface area (Å²) >= 11 is 0. The molecule has 0 aromatic carbocycles. The predicted molar refractivity (Wildman–Crippen MR) is 65.1 cm³/mol. The van der Waals surface area contributed by atoms with Gasteiger partial charge in [-0.3, -0.25) is 4.72 Å². The van der Waals surface area contributed by atoms with Crippen LogP contribution in [0.2, 0.25) is 0 Å². The lowest BCUT2D eigenvalue weighted by Gasteiger charge is -2.05. The van der Waals surface area contributed by atoms with Gasteiger partial charge >= 0.3 is 0 Å². The summed E-state index contributed by atoms with van der Waals surface area (Å²) in [7, 11) is -2.20. The Bertz CT molecular complexity index is 354. The molecule has 0 fully saturated rings. The van der Waals surface area contributed by atoms with Crippen molar-refractivity contribution in [2.45, 2.75) is 20.8 Å². The van der Waals surface area contributed by atoms with Crippen molar-refractivity contribution in [3.63, 3.8) is 0 Å². The second-order valence-electron chi connectivity index (χ2n) is 2.83. The van der Waals surface area contributed by atoms with Gasteiger partial charge in [-0.15, -0.1) is 0 Å². The van der Waals surface area contributed by atoms with Crippen molar-refractivity contribution in [1.29, 1.82) is 0 Å². The molecule has 0 spiro atoms. The molecule has 1 N–H and O–H groups in total. The number of aromatic nitrogens is 1. The second kappa shape index (κ2) is 5.65. The first-order valence-corrected chi connectivity index (χ1v) is 6.63. The molecule has 1 aromatic rings. The number of rotatable bonds is 2. The quantitative estimate of drug-likeness (QED) is 0.766. The van der Waals surface area contributed by atoms with Crippen molar-refractivity contribution < 1.29 is 4.21 Å². The first-order chi connectivity index (χ1) is 6.47. The molecule has 80 valence electrons. The van der Waals surface area contributed by atoms with Crippen molar-refractivity contribution in [2.75, 3.05) is 11.0 Å². The van der Waals surface area contributed by atoms with E-state index in [4.69, 9.17) is 0 Å². The zero-order chi connectivity index (χ0) is 11.2. The minimum Gasteiger partial charge on any atom is -0.298 e. The third kappa shape index (κ3) is 5.59. The van der Waals surface area contributed by atoms with E-state index in [-0.39, 0.29) is 0 Å². The molecule has 14 heavy (non-hydrogen) atoms. The molecule has 1 atom stereocenters. The van der Waals surface area contributed by atoms with Crippen LogP contribution in [0.1, 0.15) is 19.4 Å².